The lowest BCUT2D eigenvalue weighted by Gasteiger charge is -2.30. The highest BCUT2D eigenvalue weighted by atomic mass is 16.5. The minimum absolute atomic E-state index is 0.174. The zero-order chi connectivity index (χ0) is 22.4. The first-order chi connectivity index (χ1) is 14.8. The maximum Gasteiger partial charge on any atom is 0.309 e. The summed E-state index contributed by atoms with van der Waals surface area (Å²) in [7, 11) is 5.63. The van der Waals surface area contributed by atoms with E-state index in [1.807, 2.05) is 43.3 Å². The zero-order valence-corrected chi connectivity index (χ0v) is 18.2. The minimum Gasteiger partial charge on any atom is -0.459 e. The molecule has 8 nitrogen and oxygen atoms in total. The predicted molar refractivity (Wildman–Crippen MR) is 116 cm³/mol. The van der Waals surface area contributed by atoms with Crippen molar-refractivity contribution in [2.45, 2.75) is 19.4 Å². The van der Waals surface area contributed by atoms with Crippen molar-refractivity contribution in [1.29, 1.82) is 0 Å². The lowest BCUT2D eigenvalue weighted by Crippen LogP contribution is -2.41. The number of likely N-dealkylation sites (tertiary alicyclic amines) is 1. The van der Waals surface area contributed by atoms with Crippen molar-refractivity contribution in [3.05, 3.63) is 54.0 Å². The number of piperidine rings is 1. The summed E-state index contributed by atoms with van der Waals surface area (Å²) < 4.78 is 10.4. The second-order valence-corrected chi connectivity index (χ2v) is 7.96. The number of esters is 1. The first-order valence-electron chi connectivity index (χ1n) is 10.3. The molecule has 1 aliphatic heterocycles. The number of hydrogen-bond acceptors (Lipinski definition) is 6. The molecule has 0 spiro atoms. The van der Waals surface area contributed by atoms with Crippen molar-refractivity contribution >= 4 is 23.5 Å². The molecule has 0 N–H and O–H groups in total. The van der Waals surface area contributed by atoms with Gasteiger partial charge in [0.05, 0.1) is 12.2 Å². The van der Waals surface area contributed by atoms with Crippen LogP contribution >= 0.6 is 0 Å². The Labute approximate surface area is 182 Å². The summed E-state index contributed by atoms with van der Waals surface area (Å²) in [6, 6.07) is 11.2. The van der Waals surface area contributed by atoms with Crippen LogP contribution in [0.5, 0.6) is 0 Å². The molecule has 1 aromatic heterocycles. The molecule has 1 saturated heterocycles. The highest BCUT2D eigenvalue weighted by Gasteiger charge is 2.30. The van der Waals surface area contributed by atoms with Gasteiger partial charge in [-0.1, -0.05) is 12.1 Å². The van der Waals surface area contributed by atoms with Gasteiger partial charge in [-0.3, -0.25) is 14.4 Å². The van der Waals surface area contributed by atoms with Gasteiger partial charge in [0, 0.05) is 46.5 Å². The minimum atomic E-state index is -0.387. The topological polar surface area (TPSA) is 83.3 Å². The van der Waals surface area contributed by atoms with Gasteiger partial charge in [0.15, 0.2) is 12.4 Å². The van der Waals surface area contributed by atoms with Crippen LogP contribution in [0.2, 0.25) is 0 Å². The molecule has 0 saturated carbocycles. The summed E-state index contributed by atoms with van der Waals surface area (Å²) in [5.74, 6) is -0.826. The number of benzene rings is 1. The van der Waals surface area contributed by atoms with Crippen molar-refractivity contribution in [3.63, 3.8) is 0 Å². The van der Waals surface area contributed by atoms with E-state index in [2.05, 4.69) is 0 Å². The fourth-order valence-electron chi connectivity index (χ4n) is 3.50. The molecule has 166 valence electrons. The van der Waals surface area contributed by atoms with Gasteiger partial charge in [0.25, 0.3) is 11.8 Å². The van der Waals surface area contributed by atoms with Gasteiger partial charge in [-0.05, 0) is 42.7 Å². The average Bonchev–Trinajstić information content (AvgIpc) is 3.32. The molecule has 8 heteroatoms. The predicted octanol–water partition coefficient (Wildman–Crippen LogP) is 2.40. The van der Waals surface area contributed by atoms with Gasteiger partial charge in [-0.25, -0.2) is 0 Å². The highest BCUT2D eigenvalue weighted by molar-refractivity contribution is 5.91. The fraction of sp³-hybridized carbons (Fsp3) is 0.435. The molecular weight excluding hydrogens is 398 g/mol. The van der Waals surface area contributed by atoms with Crippen molar-refractivity contribution in [2.24, 2.45) is 5.92 Å². The van der Waals surface area contributed by atoms with Crippen LogP contribution < -0.4 is 4.90 Å². The number of furan rings is 1. The van der Waals surface area contributed by atoms with E-state index in [9.17, 15) is 14.4 Å². The molecule has 0 atom stereocenters. The first-order valence-corrected chi connectivity index (χ1v) is 10.3. The smallest absolute Gasteiger partial charge is 0.309 e. The summed E-state index contributed by atoms with van der Waals surface area (Å²) >= 11 is 0. The van der Waals surface area contributed by atoms with E-state index in [-0.39, 0.29) is 30.3 Å². The van der Waals surface area contributed by atoms with Crippen LogP contribution in [0, 0.1) is 5.92 Å². The van der Waals surface area contributed by atoms with Crippen LogP contribution in [0.3, 0.4) is 0 Å². The normalized spacial score (nSPS) is 14.2. The lowest BCUT2D eigenvalue weighted by molar-refractivity contribution is -0.156. The van der Waals surface area contributed by atoms with Gasteiger partial charge in [0.1, 0.15) is 0 Å². The molecule has 0 aliphatic carbocycles. The number of ether oxygens (including phenoxy) is 1. The van der Waals surface area contributed by atoms with Crippen LogP contribution in [-0.2, 0) is 20.9 Å². The number of rotatable bonds is 7. The van der Waals surface area contributed by atoms with E-state index in [0.29, 0.717) is 38.2 Å². The Bertz CT molecular complexity index is 884. The Morgan fingerprint density at radius 2 is 1.74 bits per heavy atom. The monoisotopic (exact) mass is 427 g/mol. The van der Waals surface area contributed by atoms with Crippen molar-refractivity contribution in [3.8, 4) is 0 Å². The van der Waals surface area contributed by atoms with Crippen molar-refractivity contribution < 1.29 is 23.5 Å². The van der Waals surface area contributed by atoms with Crippen molar-refractivity contribution in [2.75, 3.05) is 45.7 Å². The second-order valence-electron chi connectivity index (χ2n) is 7.96. The van der Waals surface area contributed by atoms with E-state index in [1.165, 1.54) is 6.26 Å². The third-order valence-electron chi connectivity index (χ3n) is 5.48. The van der Waals surface area contributed by atoms with E-state index in [1.54, 1.807) is 29.0 Å². The number of anilines is 1. The quantitative estimate of drug-likeness (QED) is 0.631. The van der Waals surface area contributed by atoms with Crippen molar-refractivity contribution in [1.82, 2.24) is 9.80 Å². The number of likely N-dealkylation sites (N-methyl/N-ethyl adjacent to an activating group) is 1. The van der Waals surface area contributed by atoms with Crippen LogP contribution in [-0.4, -0.2) is 68.4 Å². The molecule has 1 aliphatic rings. The highest BCUT2D eigenvalue weighted by Crippen LogP contribution is 2.21. The first kappa shape index (κ1) is 22.4. The standard InChI is InChI=1S/C23H29N3O5/c1-24(2)19-8-6-17(7-9-19)15-25(3)21(27)16-31-23(29)18-10-12-26(13-11-18)22(28)20-5-4-14-30-20/h4-9,14,18H,10-13,15-16H2,1-3H3. The fourth-order valence-corrected chi connectivity index (χ4v) is 3.50. The third-order valence-corrected chi connectivity index (χ3v) is 5.48. The van der Waals surface area contributed by atoms with Gasteiger partial charge >= 0.3 is 5.97 Å². The Morgan fingerprint density at radius 1 is 1.06 bits per heavy atom. The van der Waals surface area contributed by atoms with Crippen LogP contribution in [0.4, 0.5) is 5.69 Å². The lowest BCUT2D eigenvalue weighted by atomic mass is 9.97. The number of amides is 2. The van der Waals surface area contributed by atoms with Crippen LogP contribution in [0.25, 0.3) is 0 Å². The number of hydrogen-bond donors (Lipinski definition) is 0. The molecule has 2 amide bonds. The van der Waals surface area contributed by atoms with E-state index in [0.717, 1.165) is 11.3 Å². The van der Waals surface area contributed by atoms with Gasteiger partial charge < -0.3 is 23.9 Å². The van der Waals surface area contributed by atoms with E-state index in [4.69, 9.17) is 9.15 Å². The number of carbonyl (C=O) groups is 3. The third kappa shape index (κ3) is 5.87. The number of nitrogens with zero attached hydrogens (tertiary/aromatic N) is 3. The van der Waals surface area contributed by atoms with E-state index >= 15 is 0 Å². The molecule has 31 heavy (non-hydrogen) atoms. The molecule has 3 rings (SSSR count). The molecule has 0 radical (unpaired) electrons. The van der Waals surface area contributed by atoms with E-state index < -0.39 is 0 Å². The summed E-state index contributed by atoms with van der Waals surface area (Å²) in [6.45, 7) is 1.07. The molecular formula is C23H29N3O5. The molecule has 0 bridgehead atoms. The zero-order valence-electron chi connectivity index (χ0n) is 18.2. The second kappa shape index (κ2) is 10.1. The molecule has 0 unspecified atom stereocenters. The molecule has 2 aromatic rings. The largest absolute Gasteiger partial charge is 0.459 e. The van der Waals surface area contributed by atoms with Gasteiger partial charge in [-0.2, -0.15) is 0 Å². The molecule has 1 fully saturated rings. The Balaban J connectivity index is 1.40. The Morgan fingerprint density at radius 3 is 2.32 bits per heavy atom. The number of carbonyl (C=O) groups excluding carboxylic acids is 3. The van der Waals surface area contributed by atoms with Crippen LogP contribution in [0.1, 0.15) is 29.0 Å². The SMILES string of the molecule is CN(Cc1ccc(N(C)C)cc1)C(=O)COC(=O)C1CCN(C(=O)c2ccco2)CC1. The maximum atomic E-state index is 12.4. The average molecular weight is 428 g/mol. The molecule has 2 heterocycles. The Hall–Kier alpha value is -3.29. The summed E-state index contributed by atoms with van der Waals surface area (Å²) in [5, 5.41) is 0. The van der Waals surface area contributed by atoms with Gasteiger partial charge in [-0.15, -0.1) is 0 Å². The Kier molecular flexibility index (Phi) is 7.33. The summed E-state index contributed by atoms with van der Waals surface area (Å²) in [4.78, 5) is 42.2. The molecule has 1 aromatic carbocycles. The summed E-state index contributed by atoms with van der Waals surface area (Å²) in [6.07, 6.45) is 2.48. The maximum absolute atomic E-state index is 12.4. The van der Waals surface area contributed by atoms with Crippen LogP contribution in [0.15, 0.2) is 47.1 Å². The summed E-state index contributed by atoms with van der Waals surface area (Å²) in [5.41, 5.74) is 2.09. The van der Waals surface area contributed by atoms with Gasteiger partial charge in [0.2, 0.25) is 0 Å².